The molecule has 7 nitrogen and oxygen atoms in total. The Morgan fingerprint density at radius 1 is 1.00 bits per heavy atom. The second-order valence-corrected chi connectivity index (χ2v) is 11.0. The summed E-state index contributed by atoms with van der Waals surface area (Å²) >= 11 is 5.76. The van der Waals surface area contributed by atoms with Crippen molar-refractivity contribution >= 4 is 39.1 Å². The summed E-state index contributed by atoms with van der Waals surface area (Å²) in [6.07, 6.45) is -4.87. The van der Waals surface area contributed by atoms with Crippen LogP contribution in [0, 0.1) is 6.92 Å². The van der Waals surface area contributed by atoms with E-state index >= 15 is 0 Å². The van der Waals surface area contributed by atoms with Crippen LogP contribution in [-0.4, -0.2) is 44.8 Å². The molecule has 2 amide bonds. The molecule has 0 aromatic heterocycles. The van der Waals surface area contributed by atoms with Gasteiger partial charge in [0.25, 0.3) is 10.0 Å². The molecule has 0 saturated carbocycles. The Labute approximate surface area is 230 Å². The SMILES string of the molecule is CNC(=O)[C@@H](C)N(Cc1ccccc1C)C(=O)CN(c1ccc(Cl)c(C(F)(F)F)c1)S(=O)(=O)c1ccccc1. The van der Waals surface area contributed by atoms with Crippen LogP contribution >= 0.6 is 11.6 Å². The van der Waals surface area contributed by atoms with Gasteiger partial charge >= 0.3 is 6.18 Å². The minimum Gasteiger partial charge on any atom is -0.357 e. The smallest absolute Gasteiger partial charge is 0.357 e. The summed E-state index contributed by atoms with van der Waals surface area (Å²) in [5, 5.41) is 1.85. The van der Waals surface area contributed by atoms with Gasteiger partial charge in [0.2, 0.25) is 11.8 Å². The number of amides is 2. The van der Waals surface area contributed by atoms with E-state index in [0.29, 0.717) is 15.9 Å². The van der Waals surface area contributed by atoms with Crippen LogP contribution in [-0.2, 0) is 32.3 Å². The van der Waals surface area contributed by atoms with Crippen molar-refractivity contribution in [2.45, 2.75) is 37.5 Å². The van der Waals surface area contributed by atoms with Crippen molar-refractivity contribution in [1.29, 1.82) is 0 Å². The van der Waals surface area contributed by atoms with Gasteiger partial charge in [0.15, 0.2) is 0 Å². The highest BCUT2D eigenvalue weighted by Crippen LogP contribution is 2.38. The third-order valence-electron chi connectivity index (χ3n) is 6.17. The number of carbonyl (C=O) groups excluding carboxylic acids is 2. The van der Waals surface area contributed by atoms with E-state index in [2.05, 4.69) is 5.32 Å². The molecule has 208 valence electrons. The molecule has 0 unspecified atom stereocenters. The average molecular weight is 582 g/mol. The summed E-state index contributed by atoms with van der Waals surface area (Å²) < 4.78 is 68.9. The van der Waals surface area contributed by atoms with E-state index in [0.717, 1.165) is 17.7 Å². The van der Waals surface area contributed by atoms with Crippen molar-refractivity contribution < 1.29 is 31.2 Å². The summed E-state index contributed by atoms with van der Waals surface area (Å²) in [5.74, 6) is -1.29. The number of likely N-dealkylation sites (N-methyl/N-ethyl adjacent to an activating group) is 1. The lowest BCUT2D eigenvalue weighted by Gasteiger charge is -2.32. The summed E-state index contributed by atoms with van der Waals surface area (Å²) in [7, 11) is -3.12. The Kier molecular flexibility index (Phi) is 9.29. The Hall–Kier alpha value is -3.57. The molecule has 0 radical (unpaired) electrons. The molecule has 3 aromatic carbocycles. The Bertz CT molecular complexity index is 1450. The molecule has 0 fully saturated rings. The van der Waals surface area contributed by atoms with Crippen molar-refractivity contribution in [3.05, 3.63) is 94.5 Å². The van der Waals surface area contributed by atoms with Crippen molar-refractivity contribution in [2.24, 2.45) is 0 Å². The number of rotatable bonds is 9. The minimum absolute atomic E-state index is 0.0340. The van der Waals surface area contributed by atoms with Crippen LogP contribution in [0.5, 0.6) is 0 Å². The molecule has 39 heavy (non-hydrogen) atoms. The van der Waals surface area contributed by atoms with Crippen molar-refractivity contribution in [3.8, 4) is 0 Å². The third kappa shape index (κ3) is 6.90. The summed E-state index contributed by atoms with van der Waals surface area (Å²) in [6, 6.07) is 15.8. The number of alkyl halides is 3. The topological polar surface area (TPSA) is 86.8 Å². The number of halogens is 4. The van der Waals surface area contributed by atoms with Crippen LogP contribution in [0.25, 0.3) is 0 Å². The molecule has 0 aliphatic rings. The van der Waals surface area contributed by atoms with Gasteiger partial charge in [0.1, 0.15) is 12.6 Å². The quantitative estimate of drug-likeness (QED) is 0.384. The zero-order chi connectivity index (χ0) is 29.0. The number of sulfonamides is 1. The van der Waals surface area contributed by atoms with Gasteiger partial charge in [0, 0.05) is 13.6 Å². The van der Waals surface area contributed by atoms with Crippen LogP contribution in [0.15, 0.2) is 77.7 Å². The average Bonchev–Trinajstić information content (AvgIpc) is 2.90. The zero-order valence-electron chi connectivity index (χ0n) is 21.4. The van der Waals surface area contributed by atoms with E-state index in [-0.39, 0.29) is 11.4 Å². The minimum atomic E-state index is -4.87. The van der Waals surface area contributed by atoms with Gasteiger partial charge in [-0.25, -0.2) is 8.42 Å². The number of benzene rings is 3. The molecule has 3 aromatic rings. The van der Waals surface area contributed by atoms with E-state index in [1.54, 1.807) is 24.3 Å². The maximum atomic E-state index is 13.7. The first-order chi connectivity index (χ1) is 18.3. The van der Waals surface area contributed by atoms with Gasteiger partial charge in [-0.1, -0.05) is 54.1 Å². The fourth-order valence-corrected chi connectivity index (χ4v) is 5.55. The van der Waals surface area contributed by atoms with Gasteiger partial charge in [-0.2, -0.15) is 13.2 Å². The standard InChI is InChI=1S/C27H27ClF3N3O4S/c1-18-9-7-8-10-20(18)16-33(19(2)26(36)32-3)25(35)17-34(39(37,38)22-11-5-4-6-12-22)21-13-14-24(28)23(15-21)27(29,30)31/h4-15,19H,16-17H2,1-3H3,(H,32,36)/t19-/m1/s1. The maximum Gasteiger partial charge on any atom is 0.417 e. The first-order valence-corrected chi connectivity index (χ1v) is 13.6. The highest BCUT2D eigenvalue weighted by Gasteiger charge is 2.36. The molecule has 1 atom stereocenters. The summed E-state index contributed by atoms with van der Waals surface area (Å²) in [4.78, 5) is 27.2. The molecule has 0 spiro atoms. The van der Waals surface area contributed by atoms with Crippen LogP contribution in [0.4, 0.5) is 18.9 Å². The van der Waals surface area contributed by atoms with Crippen molar-refractivity contribution in [1.82, 2.24) is 10.2 Å². The number of nitrogens with zero attached hydrogens (tertiary/aromatic N) is 2. The summed E-state index contributed by atoms with van der Waals surface area (Å²) in [5.41, 5.74) is -0.115. The van der Waals surface area contributed by atoms with E-state index in [1.807, 2.05) is 13.0 Å². The number of carbonyl (C=O) groups is 2. The molecule has 0 bridgehead atoms. The first kappa shape index (κ1) is 30.0. The number of hydrogen-bond acceptors (Lipinski definition) is 4. The van der Waals surface area contributed by atoms with E-state index in [4.69, 9.17) is 11.6 Å². The highest BCUT2D eigenvalue weighted by atomic mass is 35.5. The fourth-order valence-electron chi connectivity index (χ4n) is 3.90. The van der Waals surface area contributed by atoms with Crippen LogP contribution in [0.1, 0.15) is 23.6 Å². The first-order valence-electron chi connectivity index (χ1n) is 11.8. The zero-order valence-corrected chi connectivity index (χ0v) is 22.9. The summed E-state index contributed by atoms with van der Waals surface area (Å²) in [6.45, 7) is 2.40. The second kappa shape index (κ2) is 12.1. The van der Waals surface area contributed by atoms with Crippen LogP contribution in [0.2, 0.25) is 5.02 Å². The molecular formula is C27H27ClF3N3O4S. The number of anilines is 1. The van der Waals surface area contributed by atoms with Crippen LogP contribution < -0.4 is 9.62 Å². The predicted octanol–water partition coefficient (Wildman–Crippen LogP) is 5.03. The van der Waals surface area contributed by atoms with Crippen molar-refractivity contribution in [2.75, 3.05) is 17.9 Å². The highest BCUT2D eigenvalue weighted by molar-refractivity contribution is 7.92. The maximum absolute atomic E-state index is 13.7. The lowest BCUT2D eigenvalue weighted by molar-refractivity contribution is -0.139. The Morgan fingerprint density at radius 2 is 1.62 bits per heavy atom. The van der Waals surface area contributed by atoms with Gasteiger partial charge in [-0.15, -0.1) is 0 Å². The van der Waals surface area contributed by atoms with E-state index in [9.17, 15) is 31.2 Å². The number of hydrogen-bond donors (Lipinski definition) is 1. The Balaban J connectivity index is 2.12. The fraction of sp³-hybridized carbons (Fsp3) is 0.259. The normalized spacial score (nSPS) is 12.5. The second-order valence-electron chi connectivity index (χ2n) is 8.72. The lowest BCUT2D eigenvalue weighted by atomic mass is 10.1. The molecular weight excluding hydrogens is 555 g/mol. The van der Waals surface area contributed by atoms with Gasteiger partial charge < -0.3 is 10.2 Å². The lowest BCUT2D eigenvalue weighted by Crippen LogP contribution is -2.50. The molecule has 0 saturated heterocycles. The van der Waals surface area contributed by atoms with Gasteiger partial charge in [-0.3, -0.25) is 13.9 Å². The molecule has 0 aliphatic carbocycles. The third-order valence-corrected chi connectivity index (χ3v) is 8.29. The molecule has 1 N–H and O–H groups in total. The molecule has 0 heterocycles. The van der Waals surface area contributed by atoms with Gasteiger partial charge in [-0.05, 0) is 55.3 Å². The number of nitrogens with one attached hydrogen (secondary N) is 1. The Morgan fingerprint density at radius 3 is 2.21 bits per heavy atom. The molecule has 3 rings (SSSR count). The molecule has 0 aliphatic heterocycles. The van der Waals surface area contributed by atoms with Crippen LogP contribution in [0.3, 0.4) is 0 Å². The monoisotopic (exact) mass is 581 g/mol. The molecule has 12 heteroatoms. The van der Waals surface area contributed by atoms with E-state index < -0.39 is 56.9 Å². The van der Waals surface area contributed by atoms with Crippen molar-refractivity contribution in [3.63, 3.8) is 0 Å². The van der Waals surface area contributed by atoms with Gasteiger partial charge in [0.05, 0.1) is 21.2 Å². The van der Waals surface area contributed by atoms with E-state index in [1.165, 1.54) is 43.1 Å². The predicted molar refractivity (Wildman–Crippen MR) is 143 cm³/mol. The number of aryl methyl sites for hydroxylation is 1. The largest absolute Gasteiger partial charge is 0.417 e.